The molecular formula is C19H28N2O2. The van der Waals surface area contributed by atoms with E-state index >= 15 is 0 Å². The van der Waals surface area contributed by atoms with Gasteiger partial charge in [0.15, 0.2) is 0 Å². The summed E-state index contributed by atoms with van der Waals surface area (Å²) < 4.78 is 0. The molecule has 1 unspecified atom stereocenters. The lowest BCUT2D eigenvalue weighted by Crippen LogP contribution is -2.56. The summed E-state index contributed by atoms with van der Waals surface area (Å²) in [5, 5.41) is 13.3. The molecular weight excluding hydrogens is 288 g/mol. The normalized spacial score (nSPS) is 20.2. The molecule has 2 aliphatic rings. The van der Waals surface area contributed by atoms with E-state index in [0.29, 0.717) is 0 Å². The van der Waals surface area contributed by atoms with E-state index in [1.54, 1.807) is 6.92 Å². The van der Waals surface area contributed by atoms with Gasteiger partial charge in [-0.05, 0) is 68.7 Å². The van der Waals surface area contributed by atoms with Gasteiger partial charge in [-0.25, -0.2) is 4.79 Å². The van der Waals surface area contributed by atoms with Gasteiger partial charge < -0.3 is 15.3 Å². The fourth-order valence-corrected chi connectivity index (χ4v) is 3.98. The van der Waals surface area contributed by atoms with Gasteiger partial charge in [0.1, 0.15) is 6.04 Å². The number of nitrogens with zero attached hydrogens (tertiary/aromatic N) is 1. The number of fused-ring (bicyclic) bond motifs is 2. The molecule has 1 aliphatic heterocycles. The summed E-state index contributed by atoms with van der Waals surface area (Å²) in [7, 11) is 0. The van der Waals surface area contributed by atoms with Crippen LogP contribution in [0.4, 0.5) is 11.4 Å². The van der Waals surface area contributed by atoms with E-state index in [-0.39, 0.29) is 5.54 Å². The number of carbonyl (C=O) groups is 1. The zero-order valence-corrected chi connectivity index (χ0v) is 14.5. The largest absolute Gasteiger partial charge is 0.480 e. The van der Waals surface area contributed by atoms with Crippen molar-refractivity contribution in [2.24, 2.45) is 0 Å². The highest BCUT2D eigenvalue weighted by atomic mass is 16.4. The first-order valence-electron chi connectivity index (χ1n) is 8.93. The smallest absolute Gasteiger partial charge is 0.326 e. The minimum Gasteiger partial charge on any atom is -0.480 e. The first kappa shape index (κ1) is 16.2. The Bertz CT molecular complexity index is 608. The molecule has 1 aromatic carbocycles. The first-order chi connectivity index (χ1) is 11.0. The third-order valence-electron chi connectivity index (χ3n) is 5.82. The Balaban J connectivity index is 2.09. The van der Waals surface area contributed by atoms with Crippen LogP contribution in [-0.4, -0.2) is 29.2 Å². The summed E-state index contributed by atoms with van der Waals surface area (Å²) in [5.41, 5.74) is 4.99. The third kappa shape index (κ3) is 2.79. The van der Waals surface area contributed by atoms with Crippen LogP contribution in [0.1, 0.15) is 57.6 Å². The van der Waals surface area contributed by atoms with Gasteiger partial charge in [0.2, 0.25) is 0 Å². The predicted molar refractivity (Wildman–Crippen MR) is 94.5 cm³/mol. The molecule has 0 spiro atoms. The van der Waals surface area contributed by atoms with Crippen molar-refractivity contribution in [1.29, 1.82) is 0 Å². The molecule has 2 N–H and O–H groups in total. The van der Waals surface area contributed by atoms with Crippen LogP contribution in [0.5, 0.6) is 0 Å². The van der Waals surface area contributed by atoms with Crippen molar-refractivity contribution in [3.8, 4) is 0 Å². The van der Waals surface area contributed by atoms with E-state index in [1.807, 2.05) is 0 Å². The quantitative estimate of drug-likeness (QED) is 0.886. The monoisotopic (exact) mass is 316 g/mol. The molecule has 0 aromatic heterocycles. The molecule has 0 bridgehead atoms. The molecule has 0 saturated carbocycles. The van der Waals surface area contributed by atoms with Gasteiger partial charge in [-0.1, -0.05) is 13.8 Å². The van der Waals surface area contributed by atoms with Crippen molar-refractivity contribution in [3.05, 3.63) is 23.3 Å². The number of carboxylic acids is 1. The lowest BCUT2D eigenvalue weighted by atomic mass is 9.85. The number of aryl methyl sites for hydroxylation is 2. The number of aliphatic carboxylic acids is 1. The van der Waals surface area contributed by atoms with E-state index < -0.39 is 12.0 Å². The van der Waals surface area contributed by atoms with Gasteiger partial charge in [0.25, 0.3) is 0 Å². The van der Waals surface area contributed by atoms with Crippen molar-refractivity contribution in [3.63, 3.8) is 0 Å². The molecule has 23 heavy (non-hydrogen) atoms. The summed E-state index contributed by atoms with van der Waals surface area (Å²) in [6.45, 7) is 6.92. The van der Waals surface area contributed by atoms with E-state index in [1.165, 1.54) is 24.0 Å². The minimum atomic E-state index is -0.753. The Morgan fingerprint density at radius 2 is 1.87 bits per heavy atom. The number of anilines is 2. The van der Waals surface area contributed by atoms with Crippen LogP contribution >= 0.6 is 0 Å². The third-order valence-corrected chi connectivity index (χ3v) is 5.82. The van der Waals surface area contributed by atoms with Crippen molar-refractivity contribution >= 4 is 17.3 Å². The number of nitrogens with one attached hydrogen (secondary N) is 1. The predicted octanol–water partition coefficient (Wildman–Crippen LogP) is 3.83. The van der Waals surface area contributed by atoms with Gasteiger partial charge in [0.05, 0.1) is 16.9 Å². The molecule has 0 amide bonds. The highest BCUT2D eigenvalue weighted by Crippen LogP contribution is 2.41. The highest BCUT2D eigenvalue weighted by molar-refractivity contribution is 5.83. The number of carboxylic acid groups (broad SMARTS) is 1. The van der Waals surface area contributed by atoms with E-state index in [0.717, 1.165) is 43.6 Å². The Morgan fingerprint density at radius 1 is 1.26 bits per heavy atom. The summed E-state index contributed by atoms with van der Waals surface area (Å²) >= 11 is 0. The summed E-state index contributed by atoms with van der Waals surface area (Å²) in [6, 6.07) is 4.02. The zero-order chi connectivity index (χ0) is 16.6. The summed E-state index contributed by atoms with van der Waals surface area (Å²) in [5.74, 6) is -0.753. The van der Waals surface area contributed by atoms with Gasteiger partial charge in [-0.15, -0.1) is 0 Å². The Kier molecular flexibility index (Phi) is 4.26. The molecule has 1 atom stereocenters. The van der Waals surface area contributed by atoms with Crippen LogP contribution in [0.25, 0.3) is 0 Å². The Hall–Kier alpha value is -1.71. The molecule has 126 valence electrons. The van der Waals surface area contributed by atoms with Crippen molar-refractivity contribution in [1.82, 2.24) is 0 Å². The topological polar surface area (TPSA) is 52.6 Å². The van der Waals surface area contributed by atoms with Crippen molar-refractivity contribution in [2.75, 3.05) is 16.8 Å². The Morgan fingerprint density at radius 3 is 2.43 bits per heavy atom. The van der Waals surface area contributed by atoms with E-state index in [9.17, 15) is 9.90 Å². The second-order valence-corrected chi connectivity index (χ2v) is 7.10. The molecule has 0 radical (unpaired) electrons. The second kappa shape index (κ2) is 6.06. The average molecular weight is 316 g/mol. The number of hydrogen-bond acceptors (Lipinski definition) is 3. The van der Waals surface area contributed by atoms with Crippen LogP contribution < -0.4 is 10.2 Å². The molecule has 0 saturated heterocycles. The van der Waals surface area contributed by atoms with Gasteiger partial charge >= 0.3 is 5.97 Å². The number of rotatable bonds is 4. The van der Waals surface area contributed by atoms with Crippen LogP contribution in [0, 0.1) is 0 Å². The van der Waals surface area contributed by atoms with E-state index in [2.05, 4.69) is 36.2 Å². The number of benzene rings is 1. The fourth-order valence-electron chi connectivity index (χ4n) is 3.98. The molecule has 0 fully saturated rings. The van der Waals surface area contributed by atoms with Gasteiger partial charge in [-0.3, -0.25) is 0 Å². The summed E-state index contributed by atoms with van der Waals surface area (Å²) in [4.78, 5) is 13.7. The van der Waals surface area contributed by atoms with Crippen molar-refractivity contribution in [2.45, 2.75) is 70.9 Å². The van der Waals surface area contributed by atoms with Crippen LogP contribution in [0.2, 0.25) is 0 Å². The number of hydrogen-bond donors (Lipinski definition) is 2. The second-order valence-electron chi connectivity index (χ2n) is 7.10. The van der Waals surface area contributed by atoms with E-state index in [4.69, 9.17) is 0 Å². The molecule has 1 aromatic rings. The minimum absolute atomic E-state index is 0.0421. The zero-order valence-electron chi connectivity index (χ0n) is 14.5. The first-order valence-corrected chi connectivity index (χ1v) is 8.93. The maximum Gasteiger partial charge on any atom is 0.326 e. The molecule has 4 nitrogen and oxygen atoms in total. The van der Waals surface area contributed by atoms with Crippen LogP contribution in [-0.2, 0) is 17.6 Å². The average Bonchev–Trinajstić information content (AvgIpc) is 2.58. The lowest BCUT2D eigenvalue weighted by molar-refractivity contribution is -0.138. The van der Waals surface area contributed by atoms with Gasteiger partial charge in [0, 0.05) is 6.54 Å². The maximum absolute atomic E-state index is 11.6. The Labute approximate surface area is 138 Å². The fraction of sp³-hybridized carbons (Fsp3) is 0.632. The van der Waals surface area contributed by atoms with Gasteiger partial charge in [-0.2, -0.15) is 0 Å². The molecule has 1 aliphatic carbocycles. The maximum atomic E-state index is 11.6. The standard InChI is InChI=1S/C19H28N2O2/c1-4-19(5-2)12-21(13(3)18(22)23)17-11-15-9-7-6-8-14(15)10-16(17)20-19/h10-11,13,20H,4-9,12H2,1-3H3,(H,22,23). The molecule has 4 heteroatoms. The van der Waals surface area contributed by atoms with Crippen molar-refractivity contribution < 1.29 is 9.90 Å². The molecule has 3 rings (SSSR count). The SMILES string of the molecule is CCC1(CC)CN(C(C)C(=O)O)c2cc3c(cc2N1)CCCC3. The molecule has 1 heterocycles. The van der Waals surface area contributed by atoms with Crippen LogP contribution in [0.3, 0.4) is 0 Å². The summed E-state index contributed by atoms with van der Waals surface area (Å²) in [6.07, 6.45) is 6.73. The lowest BCUT2D eigenvalue weighted by Gasteiger charge is -2.47. The van der Waals surface area contributed by atoms with Crippen LogP contribution in [0.15, 0.2) is 12.1 Å². The highest BCUT2D eigenvalue weighted by Gasteiger charge is 2.38.